The van der Waals surface area contributed by atoms with Crippen molar-refractivity contribution in [3.63, 3.8) is 0 Å². The molecule has 0 heterocycles. The molecule has 0 aromatic rings. The summed E-state index contributed by atoms with van der Waals surface area (Å²) in [5.41, 5.74) is 2.54. The van der Waals surface area contributed by atoms with E-state index in [0.717, 1.165) is 16.7 Å². The summed E-state index contributed by atoms with van der Waals surface area (Å²) in [6.45, 7) is 4.52. The van der Waals surface area contributed by atoms with Gasteiger partial charge < -0.3 is 9.47 Å². The normalized spacial score (nSPS) is 11.9. The third-order valence-electron chi connectivity index (χ3n) is 2.94. The van der Waals surface area contributed by atoms with Crippen LogP contribution in [0.1, 0.15) is 32.4 Å². The molecule has 0 aromatic heterocycles. The molecular weight excluding hydrogens is 256 g/mol. The van der Waals surface area contributed by atoms with E-state index in [-0.39, 0.29) is 11.9 Å². The minimum atomic E-state index is -0.401. The molecule has 1 unspecified atom stereocenters. The van der Waals surface area contributed by atoms with Crippen LogP contribution in [0.4, 0.5) is 0 Å². The summed E-state index contributed by atoms with van der Waals surface area (Å²) in [6.07, 6.45) is -0.401. The quantitative estimate of drug-likeness (QED) is 0.804. The second-order valence-corrected chi connectivity index (χ2v) is 4.55. The molecule has 1 atom stereocenters. The number of ether oxygens (including phenoxy) is 2. The van der Waals surface area contributed by atoms with Gasteiger partial charge in [0.15, 0.2) is 0 Å². The zero-order valence-corrected chi connectivity index (χ0v) is 11.7. The maximum absolute atomic E-state index is 11.2. The van der Waals surface area contributed by atoms with Crippen LogP contribution in [-0.2, 0) is 14.3 Å². The van der Waals surface area contributed by atoms with Gasteiger partial charge in [-0.1, -0.05) is 30.3 Å². The smallest absolute Gasteiger partial charge is 0.308 e. The maximum atomic E-state index is 11.2. The second kappa shape index (κ2) is 5.74. The van der Waals surface area contributed by atoms with Gasteiger partial charge in [-0.2, -0.15) is 0 Å². The van der Waals surface area contributed by atoms with E-state index in [1.165, 1.54) is 13.8 Å². The molecule has 4 heteroatoms. The van der Waals surface area contributed by atoms with E-state index in [1.807, 2.05) is 30.3 Å². The second-order valence-electron chi connectivity index (χ2n) is 4.55. The lowest BCUT2D eigenvalue weighted by Crippen LogP contribution is -2.04. The van der Waals surface area contributed by atoms with Crippen LogP contribution in [0.15, 0.2) is 36.4 Å². The van der Waals surface area contributed by atoms with Gasteiger partial charge in [-0.3, -0.25) is 9.59 Å². The molecule has 0 aliphatic heterocycles. The highest BCUT2D eigenvalue weighted by Gasteiger charge is 2.22. The van der Waals surface area contributed by atoms with Crippen molar-refractivity contribution in [2.45, 2.75) is 26.9 Å². The van der Waals surface area contributed by atoms with E-state index < -0.39 is 6.10 Å². The Morgan fingerprint density at radius 2 is 1.65 bits per heavy atom. The van der Waals surface area contributed by atoms with Crippen molar-refractivity contribution in [2.24, 2.45) is 0 Å². The predicted molar refractivity (Wildman–Crippen MR) is 74.6 cm³/mol. The molecule has 104 valence electrons. The average molecular weight is 272 g/mol. The van der Waals surface area contributed by atoms with Gasteiger partial charge in [-0.25, -0.2) is 0 Å². The Bertz CT molecular complexity index is 618. The fraction of sp³-hybridized carbons (Fsp3) is 0.250. The highest BCUT2D eigenvalue weighted by Crippen LogP contribution is 2.41. The topological polar surface area (TPSA) is 52.6 Å². The Labute approximate surface area is 117 Å². The number of fused-ring (bicyclic) bond motifs is 1. The van der Waals surface area contributed by atoms with Gasteiger partial charge in [0.1, 0.15) is 11.9 Å². The molecule has 0 N–H and O–H groups in total. The van der Waals surface area contributed by atoms with E-state index in [4.69, 9.17) is 9.47 Å². The molecule has 2 aliphatic rings. The largest absolute Gasteiger partial charge is 0.458 e. The number of hydrogen-bond donors (Lipinski definition) is 0. The molecule has 0 fully saturated rings. The molecule has 20 heavy (non-hydrogen) atoms. The molecule has 0 amide bonds. The summed E-state index contributed by atoms with van der Waals surface area (Å²) in [5.74, 6) is -0.242. The zero-order chi connectivity index (χ0) is 14.7. The van der Waals surface area contributed by atoms with Crippen molar-refractivity contribution in [3.05, 3.63) is 42.0 Å². The average Bonchev–Trinajstić information content (AvgIpc) is 2.54. The van der Waals surface area contributed by atoms with E-state index in [0.29, 0.717) is 5.75 Å². The van der Waals surface area contributed by atoms with Crippen LogP contribution in [0, 0.1) is 0 Å². The molecule has 4 nitrogen and oxygen atoms in total. The summed E-state index contributed by atoms with van der Waals surface area (Å²) < 4.78 is 10.4. The molecule has 0 saturated carbocycles. The lowest BCUT2D eigenvalue weighted by atomic mass is 10.1. The molecule has 0 spiro atoms. The van der Waals surface area contributed by atoms with Crippen LogP contribution in [0.2, 0.25) is 0 Å². The number of hydrogen-bond acceptors (Lipinski definition) is 4. The van der Waals surface area contributed by atoms with Crippen molar-refractivity contribution in [3.8, 4) is 16.9 Å². The van der Waals surface area contributed by atoms with Crippen LogP contribution in [-0.4, -0.2) is 11.9 Å². The lowest BCUT2D eigenvalue weighted by molar-refractivity contribution is -0.145. The van der Waals surface area contributed by atoms with E-state index in [1.54, 1.807) is 13.0 Å². The van der Waals surface area contributed by atoms with E-state index in [9.17, 15) is 9.59 Å². The number of carbonyl (C=O) groups is 2. The first-order valence-electron chi connectivity index (χ1n) is 6.36. The monoisotopic (exact) mass is 272 g/mol. The molecule has 0 saturated heterocycles. The van der Waals surface area contributed by atoms with Crippen molar-refractivity contribution >= 4 is 11.9 Å². The zero-order valence-electron chi connectivity index (χ0n) is 11.7. The van der Waals surface area contributed by atoms with Gasteiger partial charge in [0, 0.05) is 25.0 Å². The Morgan fingerprint density at radius 1 is 1.00 bits per heavy atom. The summed E-state index contributed by atoms with van der Waals surface area (Å²) >= 11 is 0. The minimum absolute atomic E-state index is 0.346. The maximum Gasteiger partial charge on any atom is 0.308 e. The van der Waals surface area contributed by atoms with Crippen molar-refractivity contribution in [1.29, 1.82) is 0 Å². The molecule has 0 aromatic carbocycles. The van der Waals surface area contributed by atoms with Gasteiger partial charge in [0.25, 0.3) is 0 Å². The molecule has 2 aliphatic carbocycles. The van der Waals surface area contributed by atoms with Crippen molar-refractivity contribution in [2.75, 3.05) is 0 Å². The van der Waals surface area contributed by atoms with Crippen LogP contribution in [0.3, 0.4) is 0 Å². The van der Waals surface area contributed by atoms with Crippen molar-refractivity contribution in [1.82, 2.24) is 0 Å². The fourth-order valence-electron chi connectivity index (χ4n) is 2.20. The van der Waals surface area contributed by atoms with Gasteiger partial charge >= 0.3 is 11.9 Å². The third-order valence-corrected chi connectivity index (χ3v) is 2.94. The lowest BCUT2D eigenvalue weighted by Gasteiger charge is -2.11. The Kier molecular flexibility index (Phi) is 4.03. The van der Waals surface area contributed by atoms with Gasteiger partial charge in [-0.05, 0) is 18.6 Å². The van der Waals surface area contributed by atoms with Crippen LogP contribution in [0.25, 0.3) is 11.1 Å². The number of carbonyl (C=O) groups excluding carboxylic acids is 2. The summed E-state index contributed by atoms with van der Waals surface area (Å²) in [6, 6.07) is 11.2. The first-order valence-corrected chi connectivity index (χ1v) is 6.36. The standard InChI is InChI=1S/C16H16O4/c1-10(19-11(2)17)15-9-16(20-12(3)18)14-8-6-4-5-7-13(14)15/h4-10H,1-3H3. The molecule has 2 rings (SSSR count). The minimum Gasteiger partial charge on any atom is -0.458 e. The Balaban J connectivity index is 2.50. The van der Waals surface area contributed by atoms with Crippen LogP contribution >= 0.6 is 0 Å². The summed E-state index contributed by atoms with van der Waals surface area (Å²) in [4.78, 5) is 22.3. The fourth-order valence-corrected chi connectivity index (χ4v) is 2.20. The highest BCUT2D eigenvalue weighted by molar-refractivity contribution is 5.82. The Hall–Kier alpha value is -2.36. The number of rotatable bonds is 3. The van der Waals surface area contributed by atoms with Gasteiger partial charge in [0.2, 0.25) is 0 Å². The van der Waals surface area contributed by atoms with Crippen LogP contribution in [0.5, 0.6) is 5.75 Å². The van der Waals surface area contributed by atoms with E-state index >= 15 is 0 Å². The van der Waals surface area contributed by atoms with Gasteiger partial charge in [0.05, 0.1) is 0 Å². The number of esters is 2. The first kappa shape index (κ1) is 14.1. The van der Waals surface area contributed by atoms with E-state index in [2.05, 4.69) is 0 Å². The molecule has 0 bridgehead atoms. The highest BCUT2D eigenvalue weighted by atomic mass is 16.5. The van der Waals surface area contributed by atoms with Crippen LogP contribution < -0.4 is 4.74 Å². The van der Waals surface area contributed by atoms with Crippen molar-refractivity contribution < 1.29 is 19.1 Å². The van der Waals surface area contributed by atoms with Gasteiger partial charge in [-0.15, -0.1) is 0 Å². The molecular formula is C16H16O4. The third kappa shape index (κ3) is 2.96. The SMILES string of the molecule is CC(=O)Oc1cc(C(C)OC(C)=O)c2cccccc1-2. The predicted octanol–water partition coefficient (Wildman–Crippen LogP) is 3.34. The summed E-state index contributed by atoms with van der Waals surface area (Å²) in [5, 5.41) is 0. The Morgan fingerprint density at radius 3 is 2.25 bits per heavy atom. The first-order chi connectivity index (χ1) is 9.49. The molecule has 0 radical (unpaired) electrons. The summed E-state index contributed by atoms with van der Waals surface area (Å²) in [7, 11) is 0.